The van der Waals surface area contributed by atoms with Gasteiger partial charge in [-0.15, -0.1) is 4.52 Å². The summed E-state index contributed by atoms with van der Waals surface area (Å²) in [4.78, 5) is 0. The van der Waals surface area contributed by atoms with Crippen molar-refractivity contribution in [3.8, 4) is 6.07 Å². The molecule has 0 saturated heterocycles. The van der Waals surface area contributed by atoms with E-state index in [0.29, 0.717) is 13.0 Å². The van der Waals surface area contributed by atoms with Crippen LogP contribution in [0.4, 0.5) is 0 Å². The molecule has 0 aromatic rings. The zero-order valence-corrected chi connectivity index (χ0v) is 6.67. The van der Waals surface area contributed by atoms with Crippen LogP contribution in [0.1, 0.15) is 6.42 Å². The average molecular weight is 161 g/mol. The molecule has 10 heavy (non-hydrogen) atoms. The molecule has 0 aliphatic rings. The van der Waals surface area contributed by atoms with Crippen molar-refractivity contribution < 1.29 is 9.09 Å². The summed E-state index contributed by atoms with van der Waals surface area (Å²) in [7, 11) is -1.55. The molecule has 2 unspecified atom stereocenters. The van der Waals surface area contributed by atoms with Crippen LogP contribution in [0, 0.1) is 11.3 Å². The highest BCUT2D eigenvalue weighted by Gasteiger charge is 2.07. The van der Waals surface area contributed by atoms with Gasteiger partial charge in [-0.2, -0.15) is 5.26 Å². The van der Waals surface area contributed by atoms with E-state index in [0.717, 1.165) is 0 Å². The Morgan fingerprint density at radius 2 is 2.50 bits per heavy atom. The molecule has 2 atom stereocenters. The molecule has 0 heterocycles. The van der Waals surface area contributed by atoms with Crippen LogP contribution in [0.5, 0.6) is 0 Å². The summed E-state index contributed by atoms with van der Waals surface area (Å²) in [6.07, 6.45) is 0.436. The second kappa shape index (κ2) is 5.31. The molecular formula is C5H10N2O2P+. The van der Waals surface area contributed by atoms with E-state index >= 15 is 0 Å². The van der Waals surface area contributed by atoms with Crippen molar-refractivity contribution in [3.63, 3.8) is 0 Å². The third kappa shape index (κ3) is 5.64. The number of hydrogen-bond donors (Lipinski definition) is 1. The highest BCUT2D eigenvalue weighted by molar-refractivity contribution is 7.38. The summed E-state index contributed by atoms with van der Waals surface area (Å²) in [5, 5.41) is 8.20. The molecule has 5 heteroatoms. The van der Waals surface area contributed by atoms with Gasteiger partial charge in [0.25, 0.3) is 0 Å². The van der Waals surface area contributed by atoms with Gasteiger partial charge in [0.15, 0.2) is 6.66 Å². The summed E-state index contributed by atoms with van der Waals surface area (Å²) in [5.74, 6) is 0. The van der Waals surface area contributed by atoms with Gasteiger partial charge in [0.1, 0.15) is 6.61 Å². The maximum Gasteiger partial charge on any atom is 0.504 e. The molecule has 4 nitrogen and oxygen atoms in total. The van der Waals surface area contributed by atoms with E-state index < -0.39 is 14.1 Å². The Morgan fingerprint density at radius 1 is 1.90 bits per heavy atom. The highest BCUT2D eigenvalue weighted by Crippen LogP contribution is 2.14. The molecule has 0 fully saturated rings. The molecule has 0 aromatic heterocycles. The van der Waals surface area contributed by atoms with Gasteiger partial charge in [0.2, 0.25) is 0 Å². The molecule has 0 rings (SSSR count). The minimum Gasteiger partial charge on any atom is -0.316 e. The van der Waals surface area contributed by atoms with E-state index in [-0.39, 0.29) is 0 Å². The standard InChI is InChI=1S/C5H10N2O2P/c1-10(8)9-3-2-5(7)4-6/h5H,2-3,7H2,1H3/q+1. The van der Waals surface area contributed by atoms with Crippen molar-refractivity contribution in [2.24, 2.45) is 5.73 Å². The van der Waals surface area contributed by atoms with Crippen LogP contribution < -0.4 is 5.73 Å². The van der Waals surface area contributed by atoms with Crippen molar-refractivity contribution >= 4 is 8.03 Å². The summed E-state index contributed by atoms with van der Waals surface area (Å²) in [6.45, 7) is 1.76. The second-order valence-electron chi connectivity index (χ2n) is 1.80. The molecule has 0 aliphatic heterocycles. The van der Waals surface area contributed by atoms with Gasteiger partial charge in [-0.3, -0.25) is 0 Å². The molecule has 56 valence electrons. The molecule has 0 aromatic carbocycles. The number of nitriles is 1. The minimum atomic E-state index is -1.55. The summed E-state index contributed by atoms with van der Waals surface area (Å²) in [5.41, 5.74) is 5.22. The summed E-state index contributed by atoms with van der Waals surface area (Å²) in [6, 6.07) is 1.34. The fourth-order valence-corrected chi connectivity index (χ4v) is 0.735. The van der Waals surface area contributed by atoms with Crippen molar-refractivity contribution in [1.82, 2.24) is 0 Å². The molecule has 0 bridgehead atoms. The van der Waals surface area contributed by atoms with Crippen molar-refractivity contribution in [1.29, 1.82) is 5.26 Å². The largest absolute Gasteiger partial charge is 0.504 e. The molecule has 0 spiro atoms. The predicted molar refractivity (Wildman–Crippen MR) is 37.7 cm³/mol. The van der Waals surface area contributed by atoms with Crippen molar-refractivity contribution in [2.75, 3.05) is 13.3 Å². The minimum absolute atomic E-state index is 0.292. The smallest absolute Gasteiger partial charge is 0.316 e. The van der Waals surface area contributed by atoms with Gasteiger partial charge >= 0.3 is 8.03 Å². The van der Waals surface area contributed by atoms with Crippen LogP contribution >= 0.6 is 8.03 Å². The van der Waals surface area contributed by atoms with E-state index in [1.165, 1.54) is 6.66 Å². The zero-order valence-electron chi connectivity index (χ0n) is 5.78. The fourth-order valence-electron chi connectivity index (χ4n) is 0.373. The van der Waals surface area contributed by atoms with Crippen LogP contribution in [-0.2, 0) is 9.09 Å². The third-order valence-electron chi connectivity index (χ3n) is 0.868. The third-order valence-corrected chi connectivity index (χ3v) is 1.41. The summed E-state index contributed by atoms with van der Waals surface area (Å²) < 4.78 is 15.0. The fraction of sp³-hybridized carbons (Fsp3) is 0.800. The van der Waals surface area contributed by atoms with Crippen LogP contribution in [0.15, 0.2) is 0 Å². The van der Waals surface area contributed by atoms with Gasteiger partial charge < -0.3 is 5.73 Å². The molecule has 0 amide bonds. The molecule has 0 radical (unpaired) electrons. The lowest BCUT2D eigenvalue weighted by molar-refractivity contribution is 0.321. The van der Waals surface area contributed by atoms with Gasteiger partial charge in [-0.05, 0) is 4.57 Å². The van der Waals surface area contributed by atoms with Gasteiger partial charge in [-0.25, -0.2) is 0 Å². The van der Waals surface area contributed by atoms with Crippen LogP contribution in [0.3, 0.4) is 0 Å². The van der Waals surface area contributed by atoms with E-state index in [1.807, 2.05) is 6.07 Å². The first kappa shape index (κ1) is 9.51. The van der Waals surface area contributed by atoms with E-state index in [4.69, 9.17) is 15.5 Å². The second-order valence-corrected chi connectivity index (χ2v) is 2.93. The highest BCUT2D eigenvalue weighted by atomic mass is 31.1. The monoisotopic (exact) mass is 161 g/mol. The Morgan fingerprint density at radius 3 is 2.90 bits per heavy atom. The maximum atomic E-state index is 10.3. The first-order valence-corrected chi connectivity index (χ1v) is 4.48. The van der Waals surface area contributed by atoms with Crippen molar-refractivity contribution in [2.45, 2.75) is 12.5 Å². The first-order valence-electron chi connectivity index (χ1n) is 2.85. The van der Waals surface area contributed by atoms with Crippen LogP contribution in [-0.4, -0.2) is 19.3 Å². The lowest BCUT2D eigenvalue weighted by atomic mass is 10.3. The molecule has 0 aliphatic carbocycles. The normalized spacial score (nSPS) is 13.9. The van der Waals surface area contributed by atoms with Gasteiger partial charge in [0.05, 0.1) is 12.1 Å². The van der Waals surface area contributed by atoms with Gasteiger partial charge in [-0.1, -0.05) is 0 Å². The summed E-state index contributed by atoms with van der Waals surface area (Å²) >= 11 is 0. The lowest BCUT2D eigenvalue weighted by Gasteiger charge is -1.94. The van der Waals surface area contributed by atoms with E-state index in [2.05, 4.69) is 0 Å². The molecule has 0 saturated carbocycles. The Balaban J connectivity index is 3.22. The number of nitrogens with zero attached hydrogens (tertiary/aromatic N) is 1. The Hall–Kier alpha value is -0.490. The quantitative estimate of drug-likeness (QED) is 0.613. The van der Waals surface area contributed by atoms with E-state index in [1.54, 1.807) is 0 Å². The molecule has 2 N–H and O–H groups in total. The van der Waals surface area contributed by atoms with Crippen molar-refractivity contribution in [3.05, 3.63) is 0 Å². The van der Waals surface area contributed by atoms with Crippen LogP contribution in [0.2, 0.25) is 0 Å². The first-order chi connectivity index (χ1) is 4.66. The zero-order chi connectivity index (χ0) is 7.98. The number of hydrogen-bond acceptors (Lipinski definition) is 4. The topological polar surface area (TPSA) is 76.1 Å². The Bertz CT molecular complexity index is 154. The van der Waals surface area contributed by atoms with E-state index in [9.17, 15) is 4.57 Å². The average Bonchev–Trinajstić information content (AvgIpc) is 1.87. The van der Waals surface area contributed by atoms with Gasteiger partial charge in [0, 0.05) is 6.42 Å². The predicted octanol–water partition coefficient (Wildman–Crippen LogP) is 0.616. The molecular weight excluding hydrogens is 151 g/mol. The van der Waals surface area contributed by atoms with Crippen LogP contribution in [0.25, 0.3) is 0 Å². The Kier molecular flexibility index (Phi) is 5.05. The maximum absolute atomic E-state index is 10.3. The number of rotatable bonds is 4. The number of nitrogens with two attached hydrogens (primary N) is 1. The Labute approximate surface area is 60.8 Å². The lowest BCUT2D eigenvalue weighted by Crippen LogP contribution is -2.18. The SMILES string of the molecule is C[P+](=O)OCCC(N)C#N.